The standard InChI is InChI=1S/C51H33N3O/c1-2-11-34(12-3-1)35-21-23-36(24-22-35)37-25-27-39(28-26-37)53(48-20-10-17-45-44-29-30-52-33-50(44)55-51(45)48)40-31-38-13-4-5-14-41(38)49(32-40)54-46-18-8-6-15-42(46)43-16-7-9-19-47(43)54/h1-33H. The summed E-state index contributed by atoms with van der Waals surface area (Å²) in [6.45, 7) is 0. The van der Waals surface area contributed by atoms with E-state index in [1.165, 1.54) is 43.9 Å². The van der Waals surface area contributed by atoms with Crippen LogP contribution in [0.4, 0.5) is 17.1 Å². The predicted octanol–water partition coefficient (Wildman–Crippen LogP) is 14.0. The number of hydrogen-bond donors (Lipinski definition) is 0. The second kappa shape index (κ2) is 12.6. The maximum Gasteiger partial charge on any atom is 0.159 e. The lowest BCUT2D eigenvalue weighted by Gasteiger charge is -2.27. The third-order valence-corrected chi connectivity index (χ3v) is 10.9. The Kier molecular flexibility index (Phi) is 7.14. The zero-order chi connectivity index (χ0) is 36.3. The van der Waals surface area contributed by atoms with Gasteiger partial charge < -0.3 is 13.9 Å². The number of para-hydroxylation sites is 3. The van der Waals surface area contributed by atoms with Gasteiger partial charge in [0.15, 0.2) is 11.2 Å². The SMILES string of the molecule is c1ccc(-c2ccc(-c3ccc(N(c4cc(-n5c6ccccc6c6ccccc65)c5ccccc5c4)c4cccc5c4oc4cnccc45)cc3)cc2)cc1. The van der Waals surface area contributed by atoms with E-state index in [-0.39, 0.29) is 0 Å². The van der Waals surface area contributed by atoms with Gasteiger partial charge in [-0.25, -0.2) is 0 Å². The van der Waals surface area contributed by atoms with Crippen LogP contribution in [0.25, 0.3) is 82.5 Å². The summed E-state index contributed by atoms with van der Waals surface area (Å²) in [5.41, 5.74) is 12.8. The lowest BCUT2D eigenvalue weighted by Crippen LogP contribution is -2.11. The topological polar surface area (TPSA) is 34.2 Å². The molecular weight excluding hydrogens is 671 g/mol. The second-order valence-electron chi connectivity index (χ2n) is 14.0. The highest BCUT2D eigenvalue weighted by molar-refractivity contribution is 6.12. The van der Waals surface area contributed by atoms with Crippen LogP contribution in [-0.2, 0) is 0 Å². The normalized spacial score (nSPS) is 11.6. The first-order valence-electron chi connectivity index (χ1n) is 18.6. The lowest BCUT2D eigenvalue weighted by atomic mass is 10.00. The molecule has 0 fully saturated rings. The number of aromatic nitrogens is 2. The third kappa shape index (κ3) is 5.11. The molecule has 0 unspecified atom stereocenters. The van der Waals surface area contributed by atoms with E-state index in [2.05, 4.69) is 196 Å². The Morgan fingerprint density at radius 1 is 0.436 bits per heavy atom. The van der Waals surface area contributed by atoms with Gasteiger partial charge in [0.2, 0.25) is 0 Å². The zero-order valence-corrected chi connectivity index (χ0v) is 29.8. The Bertz CT molecular complexity index is 3140. The van der Waals surface area contributed by atoms with Crippen molar-refractivity contribution in [1.82, 2.24) is 9.55 Å². The monoisotopic (exact) mass is 703 g/mol. The number of nitrogens with zero attached hydrogens (tertiary/aromatic N) is 3. The van der Waals surface area contributed by atoms with Crippen LogP contribution in [0.15, 0.2) is 205 Å². The van der Waals surface area contributed by atoms with Gasteiger partial charge in [0, 0.05) is 44.5 Å². The van der Waals surface area contributed by atoms with Gasteiger partial charge in [-0.15, -0.1) is 0 Å². The van der Waals surface area contributed by atoms with Crippen molar-refractivity contribution in [2.75, 3.05) is 4.90 Å². The van der Waals surface area contributed by atoms with Gasteiger partial charge in [-0.1, -0.05) is 140 Å². The Morgan fingerprint density at radius 2 is 1.02 bits per heavy atom. The summed E-state index contributed by atoms with van der Waals surface area (Å²) in [6.07, 6.45) is 3.63. The molecule has 11 rings (SSSR count). The molecule has 55 heavy (non-hydrogen) atoms. The van der Waals surface area contributed by atoms with E-state index in [9.17, 15) is 0 Å². The minimum atomic E-state index is 0.767. The maximum absolute atomic E-state index is 6.64. The van der Waals surface area contributed by atoms with Gasteiger partial charge in [-0.3, -0.25) is 4.98 Å². The van der Waals surface area contributed by atoms with Crippen molar-refractivity contribution < 1.29 is 4.42 Å². The van der Waals surface area contributed by atoms with Crippen molar-refractivity contribution in [3.05, 3.63) is 200 Å². The summed E-state index contributed by atoms with van der Waals surface area (Å²) in [7, 11) is 0. The average Bonchev–Trinajstić information content (AvgIpc) is 3.81. The quantitative estimate of drug-likeness (QED) is 0.173. The molecule has 0 bridgehead atoms. The molecule has 4 heteroatoms. The number of anilines is 3. The molecule has 3 aromatic heterocycles. The van der Waals surface area contributed by atoms with Crippen molar-refractivity contribution >= 4 is 71.6 Å². The van der Waals surface area contributed by atoms with Crippen LogP contribution in [0, 0.1) is 0 Å². The molecule has 0 aliphatic rings. The van der Waals surface area contributed by atoms with E-state index in [1.54, 1.807) is 6.20 Å². The molecule has 11 aromatic rings. The molecular formula is C51H33N3O. The summed E-state index contributed by atoms with van der Waals surface area (Å²) < 4.78 is 9.07. The van der Waals surface area contributed by atoms with Gasteiger partial charge >= 0.3 is 0 Å². The molecule has 258 valence electrons. The van der Waals surface area contributed by atoms with Crippen LogP contribution in [-0.4, -0.2) is 9.55 Å². The summed E-state index contributed by atoms with van der Waals surface area (Å²) in [4.78, 5) is 6.71. The molecule has 0 amide bonds. The number of benzene rings is 8. The van der Waals surface area contributed by atoms with Crippen LogP contribution < -0.4 is 4.90 Å². The number of hydrogen-bond acceptors (Lipinski definition) is 3. The number of furan rings is 1. The second-order valence-corrected chi connectivity index (χ2v) is 14.0. The fraction of sp³-hybridized carbons (Fsp3) is 0. The molecule has 0 saturated heterocycles. The predicted molar refractivity (Wildman–Crippen MR) is 229 cm³/mol. The molecule has 4 nitrogen and oxygen atoms in total. The number of rotatable bonds is 6. The lowest BCUT2D eigenvalue weighted by molar-refractivity contribution is 0.667. The minimum absolute atomic E-state index is 0.767. The van der Waals surface area contributed by atoms with Gasteiger partial charge in [0.05, 0.1) is 28.6 Å². The highest BCUT2D eigenvalue weighted by atomic mass is 16.3. The minimum Gasteiger partial charge on any atom is -0.452 e. The average molecular weight is 704 g/mol. The van der Waals surface area contributed by atoms with Crippen LogP contribution in [0.5, 0.6) is 0 Å². The van der Waals surface area contributed by atoms with Crippen molar-refractivity contribution in [2.45, 2.75) is 0 Å². The smallest absolute Gasteiger partial charge is 0.159 e. The fourth-order valence-corrected chi connectivity index (χ4v) is 8.30. The third-order valence-electron chi connectivity index (χ3n) is 10.9. The Hall–Kier alpha value is -7.43. The Morgan fingerprint density at radius 3 is 1.73 bits per heavy atom. The first kappa shape index (κ1) is 31.1. The van der Waals surface area contributed by atoms with E-state index in [0.717, 1.165) is 55.6 Å². The molecule has 0 atom stereocenters. The summed E-state index contributed by atoms with van der Waals surface area (Å²) in [5.74, 6) is 0. The molecule has 0 spiro atoms. The number of pyridine rings is 1. The highest BCUT2D eigenvalue weighted by Gasteiger charge is 2.22. The van der Waals surface area contributed by atoms with E-state index in [0.29, 0.717) is 0 Å². The van der Waals surface area contributed by atoms with Crippen LogP contribution in [0.1, 0.15) is 0 Å². The first-order valence-corrected chi connectivity index (χ1v) is 18.6. The molecule has 0 aliphatic heterocycles. The first-order chi connectivity index (χ1) is 27.3. The van der Waals surface area contributed by atoms with Crippen molar-refractivity contribution in [3.63, 3.8) is 0 Å². The molecule has 0 aliphatic carbocycles. The molecule has 0 saturated carbocycles. The molecule has 3 heterocycles. The summed E-state index contributed by atoms with van der Waals surface area (Å²) in [6, 6.07) is 67.4. The Balaban J connectivity index is 1.13. The van der Waals surface area contributed by atoms with E-state index >= 15 is 0 Å². The highest BCUT2D eigenvalue weighted by Crippen LogP contribution is 2.45. The van der Waals surface area contributed by atoms with Crippen molar-refractivity contribution in [3.8, 4) is 27.9 Å². The largest absolute Gasteiger partial charge is 0.452 e. The van der Waals surface area contributed by atoms with Gasteiger partial charge in [-0.05, 0) is 76.2 Å². The van der Waals surface area contributed by atoms with E-state index < -0.39 is 0 Å². The van der Waals surface area contributed by atoms with E-state index in [4.69, 9.17) is 4.42 Å². The number of fused-ring (bicyclic) bond motifs is 7. The maximum atomic E-state index is 6.64. The van der Waals surface area contributed by atoms with Crippen LogP contribution >= 0.6 is 0 Å². The molecule has 0 N–H and O–H groups in total. The summed E-state index contributed by atoms with van der Waals surface area (Å²) >= 11 is 0. The van der Waals surface area contributed by atoms with Gasteiger partial charge in [0.25, 0.3) is 0 Å². The van der Waals surface area contributed by atoms with Gasteiger partial charge in [0.1, 0.15) is 0 Å². The van der Waals surface area contributed by atoms with Crippen LogP contribution in [0.3, 0.4) is 0 Å². The molecule has 0 radical (unpaired) electrons. The van der Waals surface area contributed by atoms with E-state index in [1.807, 2.05) is 12.3 Å². The Labute approximate surface area is 317 Å². The van der Waals surface area contributed by atoms with Crippen molar-refractivity contribution in [2.24, 2.45) is 0 Å². The zero-order valence-electron chi connectivity index (χ0n) is 29.8. The molecule has 8 aromatic carbocycles. The van der Waals surface area contributed by atoms with Crippen LogP contribution in [0.2, 0.25) is 0 Å². The van der Waals surface area contributed by atoms with Gasteiger partial charge in [-0.2, -0.15) is 0 Å². The summed E-state index contributed by atoms with van der Waals surface area (Å²) in [5, 5.41) is 6.90. The fourth-order valence-electron chi connectivity index (χ4n) is 8.30. The van der Waals surface area contributed by atoms with Crippen molar-refractivity contribution in [1.29, 1.82) is 0 Å².